The van der Waals surface area contributed by atoms with Crippen LogP contribution in [0.25, 0.3) is 0 Å². The number of nitrogens with two attached hydrogens (primary N) is 1. The minimum Gasteiger partial charge on any atom is -0.328 e. The average molecular weight is 350 g/mol. The Morgan fingerprint density at radius 1 is 1.10 bits per heavy atom. The molecule has 0 amide bonds. The molecule has 1 nitrogen and oxygen atoms in total. The Hall–Kier alpha value is -0.770. The van der Waals surface area contributed by atoms with Gasteiger partial charge in [0.05, 0.1) is 0 Å². The third kappa shape index (κ3) is 4.11. The molecule has 2 aromatic carbocycles. The number of benzene rings is 2. The van der Waals surface area contributed by atoms with Gasteiger partial charge in [0.25, 0.3) is 0 Å². The van der Waals surface area contributed by atoms with E-state index in [-0.39, 0.29) is 6.04 Å². The molecule has 2 aromatic rings. The highest BCUT2D eigenvalue weighted by Crippen LogP contribution is 2.36. The van der Waals surface area contributed by atoms with Crippen molar-refractivity contribution in [2.75, 3.05) is 0 Å². The number of hydrogen-bond donors (Lipinski definition) is 1. The Bertz CT molecular complexity index is 608. The number of hydrogen-bond acceptors (Lipinski definition) is 2. The van der Waals surface area contributed by atoms with E-state index in [0.29, 0.717) is 0 Å². The molecular weight excluding hydrogens is 330 g/mol. The highest BCUT2D eigenvalue weighted by molar-refractivity contribution is 9.10. The fourth-order valence-electron chi connectivity index (χ4n) is 2.16. The zero-order chi connectivity index (χ0) is 14.7. The van der Waals surface area contributed by atoms with Crippen molar-refractivity contribution in [3.63, 3.8) is 0 Å². The molecule has 3 heteroatoms. The average Bonchev–Trinajstić information content (AvgIpc) is 2.34. The van der Waals surface area contributed by atoms with Crippen LogP contribution in [-0.4, -0.2) is 6.04 Å². The summed E-state index contributed by atoms with van der Waals surface area (Å²) in [5.41, 5.74) is 9.75. The molecule has 0 aliphatic heterocycles. The van der Waals surface area contributed by atoms with E-state index in [9.17, 15) is 0 Å². The first kappa shape index (κ1) is 15.6. The minimum absolute atomic E-state index is 0.194. The van der Waals surface area contributed by atoms with Gasteiger partial charge in [-0.15, -0.1) is 0 Å². The highest BCUT2D eigenvalue weighted by Gasteiger charge is 2.07. The lowest BCUT2D eigenvalue weighted by Gasteiger charge is -2.11. The van der Waals surface area contributed by atoms with E-state index in [2.05, 4.69) is 66.2 Å². The van der Waals surface area contributed by atoms with Crippen LogP contribution >= 0.6 is 27.7 Å². The maximum absolute atomic E-state index is 5.85. The van der Waals surface area contributed by atoms with Crippen LogP contribution in [0.4, 0.5) is 0 Å². The Labute approximate surface area is 134 Å². The fraction of sp³-hybridized carbons (Fsp3) is 0.294. The van der Waals surface area contributed by atoms with E-state index in [1.165, 1.54) is 26.5 Å². The molecule has 0 saturated carbocycles. The van der Waals surface area contributed by atoms with Crippen molar-refractivity contribution in [1.29, 1.82) is 0 Å². The number of rotatable bonds is 4. The fourth-order valence-corrected chi connectivity index (χ4v) is 3.71. The van der Waals surface area contributed by atoms with E-state index >= 15 is 0 Å². The molecule has 0 fully saturated rings. The lowest BCUT2D eigenvalue weighted by atomic mass is 10.1. The second-order valence-electron chi connectivity index (χ2n) is 5.32. The normalized spacial score (nSPS) is 12.4. The molecule has 2 N–H and O–H groups in total. The lowest BCUT2D eigenvalue weighted by Crippen LogP contribution is -2.17. The highest BCUT2D eigenvalue weighted by atomic mass is 79.9. The Kier molecular flexibility index (Phi) is 5.30. The van der Waals surface area contributed by atoms with Gasteiger partial charge in [-0.3, -0.25) is 0 Å². The summed E-state index contributed by atoms with van der Waals surface area (Å²) in [4.78, 5) is 2.54. The zero-order valence-electron chi connectivity index (χ0n) is 12.1. The first-order valence-corrected chi connectivity index (χ1v) is 8.36. The summed E-state index contributed by atoms with van der Waals surface area (Å²) in [5.74, 6) is 0. The molecule has 0 saturated heterocycles. The van der Waals surface area contributed by atoms with E-state index < -0.39 is 0 Å². The second kappa shape index (κ2) is 6.79. The van der Waals surface area contributed by atoms with Crippen LogP contribution in [0.5, 0.6) is 0 Å². The predicted octanol–water partition coefficient (Wildman–Crippen LogP) is 5.11. The van der Waals surface area contributed by atoms with Gasteiger partial charge in [-0.1, -0.05) is 35.5 Å². The molecule has 0 bridgehead atoms. The third-order valence-corrected chi connectivity index (χ3v) is 5.28. The molecule has 1 unspecified atom stereocenters. The molecule has 0 radical (unpaired) electrons. The topological polar surface area (TPSA) is 26.0 Å². The summed E-state index contributed by atoms with van der Waals surface area (Å²) >= 11 is 5.47. The molecule has 0 aromatic heterocycles. The molecule has 0 spiro atoms. The minimum atomic E-state index is 0.194. The van der Waals surface area contributed by atoms with Gasteiger partial charge in [0, 0.05) is 20.3 Å². The summed E-state index contributed by atoms with van der Waals surface area (Å²) in [6.07, 6.45) is 0.910. The molecule has 20 heavy (non-hydrogen) atoms. The van der Waals surface area contributed by atoms with E-state index in [1.807, 2.05) is 6.92 Å². The Morgan fingerprint density at radius 3 is 2.40 bits per heavy atom. The maximum atomic E-state index is 5.85. The van der Waals surface area contributed by atoms with Crippen molar-refractivity contribution < 1.29 is 0 Å². The van der Waals surface area contributed by atoms with Crippen molar-refractivity contribution in [3.05, 3.63) is 57.6 Å². The third-order valence-electron chi connectivity index (χ3n) is 3.10. The summed E-state index contributed by atoms with van der Waals surface area (Å²) in [5, 5.41) is 0. The largest absolute Gasteiger partial charge is 0.328 e. The van der Waals surface area contributed by atoms with Gasteiger partial charge in [-0.05, 0) is 72.4 Å². The van der Waals surface area contributed by atoms with Gasteiger partial charge >= 0.3 is 0 Å². The van der Waals surface area contributed by atoms with Gasteiger partial charge in [-0.2, -0.15) is 0 Å². The summed E-state index contributed by atoms with van der Waals surface area (Å²) < 4.78 is 1.14. The van der Waals surface area contributed by atoms with E-state index in [1.54, 1.807) is 11.8 Å². The van der Waals surface area contributed by atoms with E-state index in [4.69, 9.17) is 5.73 Å². The van der Waals surface area contributed by atoms with Gasteiger partial charge in [-0.25, -0.2) is 0 Å². The maximum Gasteiger partial charge on any atom is 0.0317 e. The summed E-state index contributed by atoms with van der Waals surface area (Å²) in [6.45, 7) is 6.32. The monoisotopic (exact) mass is 349 g/mol. The molecular formula is C17H20BrNS. The first-order valence-electron chi connectivity index (χ1n) is 6.75. The predicted molar refractivity (Wildman–Crippen MR) is 91.5 cm³/mol. The zero-order valence-corrected chi connectivity index (χ0v) is 14.5. The van der Waals surface area contributed by atoms with Crippen molar-refractivity contribution in [2.45, 2.75) is 43.0 Å². The van der Waals surface area contributed by atoms with Crippen LogP contribution in [0.15, 0.2) is 50.7 Å². The van der Waals surface area contributed by atoms with Crippen molar-refractivity contribution in [3.8, 4) is 0 Å². The van der Waals surface area contributed by atoms with Crippen molar-refractivity contribution in [2.24, 2.45) is 5.73 Å². The number of aryl methyl sites for hydroxylation is 2. The van der Waals surface area contributed by atoms with Crippen molar-refractivity contribution >= 4 is 27.7 Å². The summed E-state index contributed by atoms with van der Waals surface area (Å²) in [7, 11) is 0. The molecule has 0 aliphatic rings. The number of halogens is 1. The van der Waals surface area contributed by atoms with E-state index in [0.717, 1.165) is 10.9 Å². The van der Waals surface area contributed by atoms with Gasteiger partial charge in [0.15, 0.2) is 0 Å². The molecule has 0 aliphatic carbocycles. The molecule has 1 atom stereocenters. The standard InChI is InChI=1S/C17H20BrNS/c1-11-4-6-16(12(2)8-11)20-17-7-5-14(9-13(3)19)10-15(17)18/h4-8,10,13H,9,19H2,1-3H3. The van der Waals surface area contributed by atoms with Crippen LogP contribution in [0.3, 0.4) is 0 Å². The van der Waals surface area contributed by atoms with Gasteiger partial charge in [0.1, 0.15) is 0 Å². The van der Waals surface area contributed by atoms with Crippen LogP contribution in [0.2, 0.25) is 0 Å². The molecule has 2 rings (SSSR count). The second-order valence-corrected chi connectivity index (χ2v) is 7.26. The smallest absolute Gasteiger partial charge is 0.0317 e. The molecule has 0 heterocycles. The Balaban J connectivity index is 2.21. The van der Waals surface area contributed by atoms with Crippen LogP contribution in [0.1, 0.15) is 23.6 Å². The first-order chi connectivity index (χ1) is 9.45. The van der Waals surface area contributed by atoms with Crippen LogP contribution < -0.4 is 5.73 Å². The Morgan fingerprint density at radius 2 is 1.80 bits per heavy atom. The summed E-state index contributed by atoms with van der Waals surface area (Å²) in [6, 6.07) is 13.3. The van der Waals surface area contributed by atoms with Crippen LogP contribution in [0, 0.1) is 13.8 Å². The van der Waals surface area contributed by atoms with Gasteiger partial charge in [0.2, 0.25) is 0 Å². The quantitative estimate of drug-likeness (QED) is 0.830. The van der Waals surface area contributed by atoms with Crippen LogP contribution in [-0.2, 0) is 6.42 Å². The van der Waals surface area contributed by atoms with Gasteiger partial charge < -0.3 is 5.73 Å². The molecule has 106 valence electrons. The SMILES string of the molecule is Cc1ccc(Sc2ccc(CC(C)N)cc2Br)c(C)c1. The van der Waals surface area contributed by atoms with Crippen molar-refractivity contribution in [1.82, 2.24) is 0 Å². The lowest BCUT2D eigenvalue weighted by molar-refractivity contribution is 0.737.